The number of rotatable bonds is 12. The number of carboxylic acids is 2. The highest BCUT2D eigenvalue weighted by molar-refractivity contribution is 5.90. The van der Waals surface area contributed by atoms with Crippen molar-refractivity contribution in [1.82, 2.24) is 24.6 Å². The molecule has 0 aromatic heterocycles. The van der Waals surface area contributed by atoms with Gasteiger partial charge in [-0.05, 0) is 6.42 Å². The Kier molecular flexibility index (Phi) is 65.6. The Hall–Kier alpha value is -1.30. The SMILES string of the molecule is CCCCCCCCCCCC(C(=O)[O-])C(=O)[O-].CC[O-].CC[O-].[NH4+].[NH4+].[NH4+].[NH4+]. The Balaban J connectivity index is -0.0000000781. The summed E-state index contributed by atoms with van der Waals surface area (Å²) in [5.74, 6) is -4.52. The molecule has 0 spiro atoms. The van der Waals surface area contributed by atoms with E-state index in [0.29, 0.717) is 6.42 Å². The van der Waals surface area contributed by atoms with Crippen molar-refractivity contribution in [2.24, 2.45) is 5.92 Å². The maximum absolute atomic E-state index is 10.5. The summed E-state index contributed by atoms with van der Waals surface area (Å²) in [4.78, 5) is 21.0. The van der Waals surface area contributed by atoms with E-state index in [9.17, 15) is 19.8 Å². The minimum absolute atomic E-state index is 0. The Morgan fingerprint density at radius 3 is 1.11 bits per heavy atom. The third-order valence-corrected chi connectivity index (χ3v) is 3.17. The second-order valence-corrected chi connectivity index (χ2v) is 5.39. The van der Waals surface area contributed by atoms with Gasteiger partial charge < -0.3 is 54.6 Å². The minimum atomic E-state index is -1.53. The molecule has 0 rings (SSSR count). The van der Waals surface area contributed by atoms with Crippen LogP contribution in [0.5, 0.6) is 0 Å². The molecule has 0 radical (unpaired) electrons. The topological polar surface area (TPSA) is 272 Å². The normalized spacial score (nSPS) is 8.21. The largest absolute Gasteiger partial charge is 0.855 e. The van der Waals surface area contributed by atoms with Crippen LogP contribution in [0.2, 0.25) is 0 Å². The van der Waals surface area contributed by atoms with Crippen molar-refractivity contribution in [3.8, 4) is 0 Å². The number of quaternary nitrogens is 4. The quantitative estimate of drug-likeness (QED) is 0.267. The van der Waals surface area contributed by atoms with Crippen molar-refractivity contribution in [2.75, 3.05) is 13.2 Å². The van der Waals surface area contributed by atoms with E-state index in [1.807, 2.05) is 0 Å². The van der Waals surface area contributed by atoms with Crippen molar-refractivity contribution in [1.29, 1.82) is 0 Å². The monoisotopic (exact) mass is 418 g/mol. The lowest BCUT2D eigenvalue weighted by Gasteiger charge is -2.18. The van der Waals surface area contributed by atoms with Crippen molar-refractivity contribution < 1.29 is 30.0 Å². The second kappa shape index (κ2) is 40.4. The molecule has 0 fully saturated rings. The highest BCUT2D eigenvalue weighted by atomic mass is 16.4. The van der Waals surface area contributed by atoms with Gasteiger partial charge in [0.15, 0.2) is 0 Å². The second-order valence-electron chi connectivity index (χ2n) is 5.39. The van der Waals surface area contributed by atoms with Crippen LogP contribution in [-0.4, -0.2) is 25.2 Å². The van der Waals surface area contributed by atoms with Crippen LogP contribution in [0.3, 0.4) is 0 Å². The summed E-state index contributed by atoms with van der Waals surface area (Å²) < 4.78 is 0. The van der Waals surface area contributed by atoms with E-state index in [2.05, 4.69) is 6.92 Å². The molecule has 16 N–H and O–H groups in total. The molecule has 10 heteroatoms. The molecule has 0 saturated heterocycles. The van der Waals surface area contributed by atoms with Gasteiger partial charge >= 0.3 is 0 Å². The van der Waals surface area contributed by atoms with Gasteiger partial charge in [0.1, 0.15) is 0 Å². The fraction of sp³-hybridized carbons (Fsp3) is 0.889. The van der Waals surface area contributed by atoms with Crippen LogP contribution in [0, 0.1) is 5.92 Å². The molecular formula is C18H50N4O6. The summed E-state index contributed by atoms with van der Waals surface area (Å²) in [6.07, 6.45) is 10.1. The summed E-state index contributed by atoms with van der Waals surface area (Å²) >= 11 is 0. The smallest absolute Gasteiger partial charge is 0.0501 e. The van der Waals surface area contributed by atoms with Gasteiger partial charge in [0, 0.05) is 5.92 Å². The van der Waals surface area contributed by atoms with Gasteiger partial charge in [0.25, 0.3) is 0 Å². The van der Waals surface area contributed by atoms with E-state index in [1.165, 1.54) is 32.1 Å². The van der Waals surface area contributed by atoms with Crippen LogP contribution in [0.1, 0.15) is 85.0 Å². The van der Waals surface area contributed by atoms with Crippen LogP contribution in [0.25, 0.3) is 0 Å². The van der Waals surface area contributed by atoms with Crippen LogP contribution in [-0.2, 0) is 9.59 Å². The van der Waals surface area contributed by atoms with Gasteiger partial charge in [-0.1, -0.05) is 78.6 Å². The average Bonchev–Trinajstić information content (AvgIpc) is 2.50. The van der Waals surface area contributed by atoms with E-state index in [1.54, 1.807) is 13.8 Å². The Morgan fingerprint density at radius 2 is 0.857 bits per heavy atom. The zero-order chi connectivity index (χ0) is 19.2. The van der Waals surface area contributed by atoms with Crippen LogP contribution < -0.4 is 45.0 Å². The lowest BCUT2D eigenvalue weighted by Crippen LogP contribution is -2.43. The maximum atomic E-state index is 10.5. The first-order valence-electron chi connectivity index (χ1n) is 9.00. The number of carboxylic acid groups (broad SMARTS) is 2. The molecule has 0 unspecified atom stereocenters. The molecule has 0 bridgehead atoms. The predicted octanol–water partition coefficient (Wildman–Crippen LogP) is 1.26. The van der Waals surface area contributed by atoms with E-state index in [4.69, 9.17) is 10.2 Å². The van der Waals surface area contributed by atoms with E-state index >= 15 is 0 Å². The first-order valence-corrected chi connectivity index (χ1v) is 9.00. The molecule has 0 saturated carbocycles. The molecule has 0 aliphatic carbocycles. The van der Waals surface area contributed by atoms with Gasteiger partial charge in [-0.25, -0.2) is 0 Å². The van der Waals surface area contributed by atoms with Gasteiger partial charge in [0.05, 0.1) is 11.9 Å². The van der Waals surface area contributed by atoms with E-state index < -0.39 is 17.9 Å². The van der Waals surface area contributed by atoms with Gasteiger partial charge in [-0.15, -0.1) is 13.2 Å². The van der Waals surface area contributed by atoms with Gasteiger partial charge in [-0.3, -0.25) is 0 Å². The maximum Gasteiger partial charge on any atom is 0.0501 e. The number of carbonyl (C=O) groups is 2. The number of unbranched alkanes of at least 4 members (excludes halogenated alkanes) is 8. The molecule has 0 aliphatic rings. The Labute approximate surface area is 171 Å². The predicted molar refractivity (Wildman–Crippen MR) is 110 cm³/mol. The molecule has 0 aromatic carbocycles. The fourth-order valence-electron chi connectivity index (χ4n) is 1.99. The first kappa shape index (κ1) is 45.4. The summed E-state index contributed by atoms with van der Waals surface area (Å²) in [5.41, 5.74) is 0. The number of aliphatic carboxylic acids is 2. The lowest BCUT2D eigenvalue weighted by molar-refractivity contribution is -0.362. The molecule has 0 aromatic rings. The number of hydrogen-bond acceptors (Lipinski definition) is 6. The molecule has 0 aliphatic heterocycles. The molecule has 178 valence electrons. The van der Waals surface area contributed by atoms with Crippen molar-refractivity contribution in [3.63, 3.8) is 0 Å². The number of carbonyl (C=O) groups excluding carboxylic acids is 2. The zero-order valence-electron chi connectivity index (χ0n) is 19.5. The minimum Gasteiger partial charge on any atom is -0.855 e. The first-order chi connectivity index (χ1) is 11.4. The lowest BCUT2D eigenvalue weighted by atomic mass is 10.00. The van der Waals surface area contributed by atoms with Crippen molar-refractivity contribution >= 4 is 11.9 Å². The van der Waals surface area contributed by atoms with Crippen molar-refractivity contribution in [3.05, 3.63) is 0 Å². The summed E-state index contributed by atoms with van der Waals surface area (Å²) in [6.45, 7) is 5.32. The third-order valence-electron chi connectivity index (χ3n) is 3.17. The molecule has 0 amide bonds. The summed E-state index contributed by atoms with van der Waals surface area (Å²) in [7, 11) is 0. The average molecular weight is 419 g/mol. The van der Waals surface area contributed by atoms with Crippen LogP contribution >= 0.6 is 0 Å². The Morgan fingerprint density at radius 1 is 0.607 bits per heavy atom. The van der Waals surface area contributed by atoms with Gasteiger partial charge in [0.2, 0.25) is 0 Å². The Bertz CT molecular complexity index is 269. The fourth-order valence-corrected chi connectivity index (χ4v) is 1.99. The molecule has 10 nitrogen and oxygen atoms in total. The van der Waals surface area contributed by atoms with Crippen molar-refractivity contribution in [2.45, 2.75) is 85.0 Å². The highest BCUT2D eigenvalue weighted by Gasteiger charge is 2.10. The van der Waals surface area contributed by atoms with Gasteiger partial charge in [-0.2, -0.15) is 0 Å². The third kappa shape index (κ3) is 44.3. The molecule has 0 atom stereocenters. The molecule has 28 heavy (non-hydrogen) atoms. The summed E-state index contributed by atoms with van der Waals surface area (Å²) in [5, 5.41) is 38.8. The highest BCUT2D eigenvalue weighted by Crippen LogP contribution is 2.13. The molecule has 0 heterocycles. The molecular weight excluding hydrogens is 368 g/mol. The van der Waals surface area contributed by atoms with E-state index in [0.717, 1.165) is 19.3 Å². The van der Waals surface area contributed by atoms with Crippen LogP contribution in [0.15, 0.2) is 0 Å². The van der Waals surface area contributed by atoms with E-state index in [-0.39, 0.29) is 44.2 Å². The standard InChI is InChI=1S/C14H26O4.2C2H5O.4H3N/c1-2-3-4-5-6-7-8-9-10-11-12(13(15)16)14(17)18;2*1-2-3;;;;/h12H,2-11H2,1H3,(H,15,16)(H,17,18);2*2H2,1H3;4*1H3/q;2*-1;;;;/p+2. The van der Waals surface area contributed by atoms with Crippen LogP contribution in [0.4, 0.5) is 0 Å². The number of hydrogen-bond donors (Lipinski definition) is 4. The zero-order valence-corrected chi connectivity index (χ0v) is 19.5. The summed E-state index contributed by atoms with van der Waals surface area (Å²) in [6, 6.07) is 0.